The maximum absolute atomic E-state index is 9.74. The lowest BCUT2D eigenvalue weighted by Gasteiger charge is -2.51. The summed E-state index contributed by atoms with van der Waals surface area (Å²) < 4.78 is 6.33. The quantitative estimate of drug-likeness (QED) is 0.601. The molecular weight excluding hydrogens is 394 g/mol. The lowest BCUT2D eigenvalue weighted by atomic mass is 9.54. The van der Waals surface area contributed by atoms with Gasteiger partial charge in [0.05, 0.1) is 6.61 Å². The fourth-order valence-corrected chi connectivity index (χ4v) is 6.72. The molecule has 3 heteroatoms. The molecule has 4 aliphatic rings. The van der Waals surface area contributed by atoms with Gasteiger partial charge in [-0.05, 0) is 46.1 Å². The second kappa shape index (κ2) is 8.15. The van der Waals surface area contributed by atoms with Crippen LogP contribution in [0.4, 0.5) is 0 Å². The summed E-state index contributed by atoms with van der Waals surface area (Å²) in [4.78, 5) is 2.54. The molecule has 3 nitrogen and oxygen atoms in total. The van der Waals surface area contributed by atoms with Crippen molar-refractivity contribution in [1.29, 1.82) is 0 Å². The predicted molar refractivity (Wildman–Crippen MR) is 127 cm³/mol. The van der Waals surface area contributed by atoms with Crippen molar-refractivity contribution in [1.82, 2.24) is 4.90 Å². The molecule has 0 amide bonds. The Morgan fingerprint density at radius 1 is 0.812 bits per heavy atom. The van der Waals surface area contributed by atoms with Gasteiger partial charge in [0, 0.05) is 31.0 Å². The van der Waals surface area contributed by atoms with Crippen molar-refractivity contribution < 1.29 is 9.84 Å². The van der Waals surface area contributed by atoms with Crippen molar-refractivity contribution in [3.8, 4) is 0 Å². The van der Waals surface area contributed by atoms with E-state index in [1.165, 1.54) is 27.8 Å². The molecule has 1 saturated heterocycles. The van der Waals surface area contributed by atoms with Crippen LogP contribution in [-0.2, 0) is 4.74 Å². The summed E-state index contributed by atoms with van der Waals surface area (Å²) in [7, 11) is 0. The van der Waals surface area contributed by atoms with Gasteiger partial charge in [-0.15, -0.1) is 0 Å². The molecule has 2 bridgehead atoms. The minimum atomic E-state index is -0.0362. The third-order valence-corrected chi connectivity index (χ3v) is 8.15. The first-order valence-corrected chi connectivity index (χ1v) is 12.0. The number of rotatable bonds is 5. The highest BCUT2D eigenvalue weighted by molar-refractivity contribution is 5.56. The average Bonchev–Trinajstić information content (AvgIpc) is 3.23. The molecule has 1 aliphatic heterocycles. The monoisotopic (exact) mass is 425 g/mol. The molecule has 3 aromatic carbocycles. The first-order valence-electron chi connectivity index (χ1n) is 12.0. The van der Waals surface area contributed by atoms with Gasteiger partial charge in [0.1, 0.15) is 6.23 Å². The van der Waals surface area contributed by atoms with Gasteiger partial charge in [-0.3, -0.25) is 4.90 Å². The SMILES string of the molecule is C[C@H]1C2c3ccccc3C(c3ccccc32)[C@H]1CN1[C@H](CCO)CO[C@@H]1c1ccccc1. The Morgan fingerprint density at radius 3 is 1.97 bits per heavy atom. The third-order valence-electron chi connectivity index (χ3n) is 8.15. The van der Waals surface area contributed by atoms with E-state index in [9.17, 15) is 5.11 Å². The van der Waals surface area contributed by atoms with Crippen LogP contribution in [0.15, 0.2) is 78.9 Å². The molecule has 0 aromatic heterocycles. The Bertz CT molecular complexity index is 1050. The van der Waals surface area contributed by atoms with E-state index >= 15 is 0 Å². The van der Waals surface area contributed by atoms with Crippen LogP contribution in [0.25, 0.3) is 0 Å². The zero-order chi connectivity index (χ0) is 21.7. The minimum absolute atomic E-state index is 0.0362. The second-order valence-corrected chi connectivity index (χ2v) is 9.70. The number of ether oxygens (including phenoxy) is 1. The highest BCUT2D eigenvalue weighted by Gasteiger charge is 2.49. The van der Waals surface area contributed by atoms with Crippen molar-refractivity contribution in [3.63, 3.8) is 0 Å². The maximum Gasteiger partial charge on any atom is 0.137 e. The van der Waals surface area contributed by atoms with Crippen LogP contribution in [0.3, 0.4) is 0 Å². The number of benzene rings is 3. The van der Waals surface area contributed by atoms with Crippen LogP contribution in [0, 0.1) is 11.8 Å². The first kappa shape index (κ1) is 20.2. The average molecular weight is 426 g/mol. The van der Waals surface area contributed by atoms with Crippen molar-refractivity contribution in [2.24, 2.45) is 11.8 Å². The second-order valence-electron chi connectivity index (χ2n) is 9.70. The zero-order valence-corrected chi connectivity index (χ0v) is 18.6. The van der Waals surface area contributed by atoms with Crippen molar-refractivity contribution in [3.05, 3.63) is 107 Å². The summed E-state index contributed by atoms with van der Waals surface area (Å²) in [5, 5.41) is 9.74. The number of nitrogens with zero attached hydrogens (tertiary/aromatic N) is 1. The summed E-state index contributed by atoms with van der Waals surface area (Å²) in [6, 6.07) is 29.0. The van der Waals surface area contributed by atoms with E-state index in [-0.39, 0.29) is 18.9 Å². The van der Waals surface area contributed by atoms with Crippen LogP contribution in [0.5, 0.6) is 0 Å². The van der Waals surface area contributed by atoms with E-state index in [0.29, 0.717) is 30.3 Å². The van der Waals surface area contributed by atoms with Crippen LogP contribution in [-0.4, -0.2) is 35.8 Å². The van der Waals surface area contributed by atoms with Crippen LogP contribution in [0.1, 0.15) is 59.2 Å². The van der Waals surface area contributed by atoms with Crippen molar-refractivity contribution in [2.45, 2.75) is 37.5 Å². The van der Waals surface area contributed by atoms with Gasteiger partial charge >= 0.3 is 0 Å². The Morgan fingerprint density at radius 2 is 1.38 bits per heavy atom. The molecule has 1 heterocycles. The number of aliphatic hydroxyl groups excluding tert-OH is 1. The Labute approximate surface area is 190 Å². The Balaban J connectivity index is 1.40. The molecule has 32 heavy (non-hydrogen) atoms. The largest absolute Gasteiger partial charge is 0.396 e. The Kier molecular flexibility index (Phi) is 5.14. The summed E-state index contributed by atoms with van der Waals surface area (Å²) in [6.45, 7) is 4.31. The molecular formula is C29H31NO2. The number of hydrogen-bond donors (Lipinski definition) is 1. The molecule has 0 saturated carbocycles. The number of fused-ring (bicyclic) bond motifs is 1. The van der Waals surface area contributed by atoms with E-state index in [4.69, 9.17) is 4.74 Å². The molecule has 1 N–H and O–H groups in total. The van der Waals surface area contributed by atoms with E-state index in [0.717, 1.165) is 13.0 Å². The molecule has 3 aromatic rings. The highest BCUT2D eigenvalue weighted by atomic mass is 16.5. The summed E-state index contributed by atoms with van der Waals surface area (Å²) in [5.41, 5.74) is 7.26. The lowest BCUT2D eigenvalue weighted by Crippen LogP contribution is -2.46. The minimum Gasteiger partial charge on any atom is -0.396 e. The van der Waals surface area contributed by atoms with Gasteiger partial charge in [-0.1, -0.05) is 85.8 Å². The molecule has 7 rings (SSSR count). The summed E-state index contributed by atoms with van der Waals surface area (Å²) in [5.74, 6) is 1.93. The summed E-state index contributed by atoms with van der Waals surface area (Å²) in [6.07, 6.45) is 0.719. The number of hydrogen-bond acceptors (Lipinski definition) is 3. The van der Waals surface area contributed by atoms with Gasteiger partial charge in [0.25, 0.3) is 0 Å². The van der Waals surface area contributed by atoms with Crippen molar-refractivity contribution in [2.75, 3.05) is 19.8 Å². The standard InChI is InChI=1S/C29H31NO2/c1-19-26(17-30-21(15-16-31)18-32-29(30)20-9-3-2-4-10-20)28-24-13-7-5-11-22(24)27(19)23-12-6-8-14-25(23)28/h2-14,19,21,26-29,31H,15-18H2,1H3/t19-,21-,26+,27?,28?,29-/m1/s1. The molecule has 164 valence electrons. The Hall–Kier alpha value is -2.46. The summed E-state index contributed by atoms with van der Waals surface area (Å²) >= 11 is 0. The fraction of sp³-hybridized carbons (Fsp3) is 0.379. The van der Waals surface area contributed by atoms with E-state index in [1.807, 2.05) is 0 Å². The van der Waals surface area contributed by atoms with Crippen molar-refractivity contribution >= 4 is 0 Å². The third kappa shape index (κ3) is 3.07. The lowest BCUT2D eigenvalue weighted by molar-refractivity contribution is 0.00945. The smallest absolute Gasteiger partial charge is 0.137 e. The zero-order valence-electron chi connectivity index (χ0n) is 18.6. The van der Waals surface area contributed by atoms with Crippen LogP contribution >= 0.6 is 0 Å². The number of aliphatic hydroxyl groups is 1. The van der Waals surface area contributed by atoms with Crippen LogP contribution in [0.2, 0.25) is 0 Å². The topological polar surface area (TPSA) is 32.7 Å². The fourth-order valence-electron chi connectivity index (χ4n) is 6.72. The molecule has 0 spiro atoms. The molecule has 0 unspecified atom stereocenters. The van der Waals surface area contributed by atoms with Gasteiger partial charge < -0.3 is 9.84 Å². The van der Waals surface area contributed by atoms with E-state index in [2.05, 4.69) is 90.7 Å². The molecule has 4 atom stereocenters. The van der Waals surface area contributed by atoms with Gasteiger partial charge in [0.2, 0.25) is 0 Å². The highest BCUT2D eigenvalue weighted by Crippen LogP contribution is 2.58. The van der Waals surface area contributed by atoms with Gasteiger partial charge in [-0.25, -0.2) is 0 Å². The molecule has 3 aliphatic carbocycles. The van der Waals surface area contributed by atoms with E-state index < -0.39 is 0 Å². The molecule has 0 radical (unpaired) electrons. The van der Waals surface area contributed by atoms with Crippen LogP contribution < -0.4 is 0 Å². The van der Waals surface area contributed by atoms with Gasteiger partial charge in [0.15, 0.2) is 0 Å². The van der Waals surface area contributed by atoms with E-state index in [1.54, 1.807) is 0 Å². The molecule has 1 fully saturated rings. The first-order chi connectivity index (χ1) is 15.8. The van der Waals surface area contributed by atoms with Gasteiger partial charge in [-0.2, -0.15) is 0 Å². The predicted octanol–water partition coefficient (Wildman–Crippen LogP) is 5.31. The maximum atomic E-state index is 9.74. The normalized spacial score (nSPS) is 30.8.